The topological polar surface area (TPSA) is 72.0 Å². The van der Waals surface area contributed by atoms with Crippen molar-refractivity contribution in [3.63, 3.8) is 0 Å². The highest BCUT2D eigenvalue weighted by molar-refractivity contribution is 7.98. The van der Waals surface area contributed by atoms with Gasteiger partial charge in [0.1, 0.15) is 5.76 Å². The van der Waals surface area contributed by atoms with Crippen LogP contribution in [0.3, 0.4) is 0 Å². The quantitative estimate of drug-likeness (QED) is 0.819. The van der Waals surface area contributed by atoms with E-state index in [0.29, 0.717) is 15.9 Å². The molecular weight excluding hydrogens is 226 g/mol. The minimum atomic E-state index is -0.0534. The first-order valence-electron chi connectivity index (χ1n) is 4.72. The van der Waals surface area contributed by atoms with Gasteiger partial charge in [-0.25, -0.2) is 15.0 Å². The summed E-state index contributed by atoms with van der Waals surface area (Å²) in [7, 11) is 0. The van der Waals surface area contributed by atoms with Gasteiger partial charge in [-0.05, 0) is 13.8 Å². The molecule has 0 bridgehead atoms. The number of nitrogens with zero attached hydrogens (tertiary/aromatic N) is 3. The Morgan fingerprint density at radius 1 is 1.31 bits per heavy atom. The number of aliphatic hydroxyl groups is 1. The van der Waals surface area contributed by atoms with Crippen molar-refractivity contribution in [1.82, 2.24) is 15.0 Å². The van der Waals surface area contributed by atoms with E-state index in [2.05, 4.69) is 15.0 Å². The normalized spacial score (nSPS) is 10.7. The van der Waals surface area contributed by atoms with Gasteiger partial charge in [-0.15, -0.1) is 0 Å². The maximum atomic E-state index is 8.84. The van der Waals surface area contributed by atoms with Crippen molar-refractivity contribution >= 4 is 11.8 Å². The van der Waals surface area contributed by atoms with Crippen LogP contribution in [0, 0.1) is 13.8 Å². The Morgan fingerprint density at radius 2 is 2.00 bits per heavy atom. The molecule has 0 radical (unpaired) electrons. The summed E-state index contributed by atoms with van der Waals surface area (Å²) in [5.41, 5.74) is 1.55. The molecule has 0 saturated carbocycles. The highest BCUT2D eigenvalue weighted by Crippen LogP contribution is 2.25. The molecule has 2 rings (SSSR count). The largest absolute Gasteiger partial charge is 0.436 e. The Balaban J connectivity index is 2.14. The van der Waals surface area contributed by atoms with Crippen molar-refractivity contribution in [3.8, 4) is 0 Å². The van der Waals surface area contributed by atoms with Crippen LogP contribution >= 0.6 is 11.8 Å². The minimum absolute atomic E-state index is 0.0534. The Hall–Kier alpha value is -1.40. The summed E-state index contributed by atoms with van der Waals surface area (Å²) in [6, 6.07) is 0. The molecule has 0 aliphatic heterocycles. The van der Waals surface area contributed by atoms with E-state index in [9.17, 15) is 0 Å². The Morgan fingerprint density at radius 3 is 2.50 bits per heavy atom. The average molecular weight is 237 g/mol. The predicted octanol–water partition coefficient (Wildman–Crippen LogP) is 1.72. The van der Waals surface area contributed by atoms with Crippen molar-refractivity contribution in [2.75, 3.05) is 0 Å². The molecular formula is C10H11N3O2S. The van der Waals surface area contributed by atoms with Crippen LogP contribution in [0.15, 0.2) is 27.2 Å². The van der Waals surface area contributed by atoms with Crippen molar-refractivity contribution < 1.29 is 9.52 Å². The Bertz CT molecular complexity index is 462. The molecule has 0 spiro atoms. The van der Waals surface area contributed by atoms with Crippen molar-refractivity contribution in [1.29, 1.82) is 0 Å². The van der Waals surface area contributed by atoms with Gasteiger partial charge in [-0.3, -0.25) is 0 Å². The molecule has 2 aromatic rings. The molecule has 2 aromatic heterocycles. The molecule has 5 nitrogen and oxygen atoms in total. The third-order valence-electron chi connectivity index (χ3n) is 2.05. The Kier molecular flexibility index (Phi) is 3.21. The number of hydrogen-bond acceptors (Lipinski definition) is 6. The number of aryl methyl sites for hydroxylation is 2. The molecule has 0 atom stereocenters. The molecule has 0 aromatic carbocycles. The highest BCUT2D eigenvalue weighted by Gasteiger charge is 2.09. The van der Waals surface area contributed by atoms with Crippen LogP contribution in [-0.2, 0) is 6.61 Å². The lowest BCUT2D eigenvalue weighted by Crippen LogP contribution is -1.90. The lowest BCUT2D eigenvalue weighted by Gasteiger charge is -1.96. The van der Waals surface area contributed by atoms with Crippen LogP contribution in [0.5, 0.6) is 0 Å². The van der Waals surface area contributed by atoms with Crippen molar-refractivity contribution in [2.24, 2.45) is 0 Å². The van der Waals surface area contributed by atoms with Gasteiger partial charge in [0.2, 0.25) is 0 Å². The van der Waals surface area contributed by atoms with E-state index in [1.807, 2.05) is 13.8 Å². The number of hydrogen-bond donors (Lipinski definition) is 1. The van der Waals surface area contributed by atoms with Gasteiger partial charge >= 0.3 is 0 Å². The first kappa shape index (κ1) is 11.1. The van der Waals surface area contributed by atoms with Crippen LogP contribution in [0.4, 0.5) is 0 Å². The van der Waals surface area contributed by atoms with Crippen LogP contribution in [-0.4, -0.2) is 20.1 Å². The molecule has 2 heterocycles. The standard InChI is InChI=1S/C10H11N3O2S/c1-6-7(2)15-10(13-6)16-9-11-3-8(5-14)4-12-9/h3-4,14H,5H2,1-2H3. The first-order valence-corrected chi connectivity index (χ1v) is 5.54. The van der Waals surface area contributed by atoms with E-state index >= 15 is 0 Å². The zero-order valence-electron chi connectivity index (χ0n) is 8.97. The second kappa shape index (κ2) is 4.63. The Labute approximate surface area is 97.0 Å². The highest BCUT2D eigenvalue weighted by atomic mass is 32.2. The van der Waals surface area contributed by atoms with E-state index in [-0.39, 0.29) is 6.61 Å². The van der Waals surface area contributed by atoms with E-state index < -0.39 is 0 Å². The second-order valence-corrected chi connectivity index (χ2v) is 4.17. The SMILES string of the molecule is Cc1nc(Sc2ncc(CO)cn2)oc1C. The van der Waals surface area contributed by atoms with Gasteiger partial charge in [0.05, 0.1) is 12.3 Å². The first-order chi connectivity index (χ1) is 7.69. The van der Waals surface area contributed by atoms with E-state index in [0.717, 1.165) is 11.5 Å². The third-order valence-corrected chi connectivity index (χ3v) is 2.79. The molecule has 1 N–H and O–H groups in total. The zero-order valence-corrected chi connectivity index (χ0v) is 9.78. The second-order valence-electron chi connectivity index (χ2n) is 3.26. The molecule has 6 heteroatoms. The fraction of sp³-hybridized carbons (Fsp3) is 0.300. The van der Waals surface area contributed by atoms with Gasteiger partial charge < -0.3 is 9.52 Å². The molecule has 0 aliphatic rings. The summed E-state index contributed by atoms with van der Waals surface area (Å²) in [6.07, 6.45) is 3.16. The molecule has 84 valence electrons. The summed E-state index contributed by atoms with van der Waals surface area (Å²) in [6.45, 7) is 3.70. The van der Waals surface area contributed by atoms with Crippen LogP contribution in [0.25, 0.3) is 0 Å². The van der Waals surface area contributed by atoms with Gasteiger partial charge in [0.25, 0.3) is 5.22 Å². The van der Waals surface area contributed by atoms with Crippen LogP contribution in [0.2, 0.25) is 0 Å². The smallest absolute Gasteiger partial charge is 0.264 e. The molecule has 0 fully saturated rings. The minimum Gasteiger partial charge on any atom is -0.436 e. The molecule has 0 saturated heterocycles. The summed E-state index contributed by atoms with van der Waals surface area (Å²) < 4.78 is 5.40. The summed E-state index contributed by atoms with van der Waals surface area (Å²) in [5.74, 6) is 0.800. The maximum absolute atomic E-state index is 8.84. The molecule has 16 heavy (non-hydrogen) atoms. The number of aromatic nitrogens is 3. The van der Waals surface area contributed by atoms with Gasteiger partial charge in [-0.1, -0.05) is 0 Å². The maximum Gasteiger partial charge on any atom is 0.264 e. The number of rotatable bonds is 3. The van der Waals surface area contributed by atoms with E-state index in [1.54, 1.807) is 12.4 Å². The van der Waals surface area contributed by atoms with Crippen molar-refractivity contribution in [3.05, 3.63) is 29.4 Å². The van der Waals surface area contributed by atoms with E-state index in [1.165, 1.54) is 11.8 Å². The summed E-state index contributed by atoms with van der Waals surface area (Å²) in [5, 5.41) is 9.93. The molecule has 0 amide bonds. The lowest BCUT2D eigenvalue weighted by atomic mass is 10.4. The van der Waals surface area contributed by atoms with Crippen LogP contribution < -0.4 is 0 Å². The van der Waals surface area contributed by atoms with Gasteiger partial charge in [0.15, 0.2) is 5.16 Å². The third kappa shape index (κ3) is 2.40. The lowest BCUT2D eigenvalue weighted by molar-refractivity contribution is 0.280. The fourth-order valence-electron chi connectivity index (χ4n) is 1.04. The summed E-state index contributed by atoms with van der Waals surface area (Å²) in [4.78, 5) is 12.4. The fourth-order valence-corrected chi connectivity index (χ4v) is 1.76. The zero-order chi connectivity index (χ0) is 11.5. The van der Waals surface area contributed by atoms with E-state index in [4.69, 9.17) is 9.52 Å². The van der Waals surface area contributed by atoms with Crippen LogP contribution in [0.1, 0.15) is 17.0 Å². The number of oxazole rings is 1. The predicted molar refractivity (Wildman–Crippen MR) is 58.1 cm³/mol. The van der Waals surface area contributed by atoms with Gasteiger partial charge in [0, 0.05) is 29.7 Å². The average Bonchev–Trinajstić information content (AvgIpc) is 2.59. The number of aliphatic hydroxyl groups excluding tert-OH is 1. The molecule has 0 unspecified atom stereocenters. The monoisotopic (exact) mass is 237 g/mol. The molecule has 0 aliphatic carbocycles. The van der Waals surface area contributed by atoms with Gasteiger partial charge in [-0.2, -0.15) is 0 Å². The van der Waals surface area contributed by atoms with Crippen molar-refractivity contribution in [2.45, 2.75) is 30.8 Å². The summed E-state index contributed by atoms with van der Waals surface area (Å²) >= 11 is 1.26.